The van der Waals surface area contributed by atoms with E-state index in [0.29, 0.717) is 31.6 Å². The van der Waals surface area contributed by atoms with Crippen molar-refractivity contribution in [3.05, 3.63) is 0 Å². The maximum Gasteiger partial charge on any atom is 0.472 e. The SMILES string of the molecule is CCC(C)CCCCCCCCCCC(=O)O[C@H](COC(=O)CCCCCCCCC(C)CC)COP(=O)(O)OC[C@H](O)COP(=O)(O)OC[C@@H](COC(=O)CCCCCCCCCC(C)C)OC(=O)CCCCCCCCCCCCCCCCCC(C)C. The molecule has 0 aromatic rings. The van der Waals surface area contributed by atoms with Crippen LogP contribution >= 0.6 is 15.6 Å². The lowest BCUT2D eigenvalue weighted by molar-refractivity contribution is -0.161. The smallest absolute Gasteiger partial charge is 0.462 e. The van der Waals surface area contributed by atoms with Crippen molar-refractivity contribution < 1.29 is 80.2 Å². The molecule has 0 rings (SSSR count). The molecule has 7 atom stereocenters. The minimum Gasteiger partial charge on any atom is -0.462 e. The van der Waals surface area contributed by atoms with Gasteiger partial charge < -0.3 is 33.8 Å². The third kappa shape index (κ3) is 62.2. The fourth-order valence-corrected chi connectivity index (χ4v) is 12.2. The van der Waals surface area contributed by atoms with E-state index < -0.39 is 97.5 Å². The Bertz CT molecular complexity index is 1790. The number of phosphoric acid groups is 2. The van der Waals surface area contributed by atoms with Gasteiger partial charge in [0.2, 0.25) is 0 Å². The first kappa shape index (κ1) is 88.1. The first-order valence-corrected chi connectivity index (χ1v) is 39.8. The van der Waals surface area contributed by atoms with Crippen LogP contribution in [0.25, 0.3) is 0 Å². The fraction of sp³-hybridized carbons (Fsp3) is 0.944. The molecule has 90 heavy (non-hydrogen) atoms. The van der Waals surface area contributed by atoms with E-state index in [-0.39, 0.29) is 25.7 Å². The normalized spacial score (nSPS) is 14.9. The summed E-state index contributed by atoms with van der Waals surface area (Å²) < 4.78 is 68.3. The van der Waals surface area contributed by atoms with E-state index >= 15 is 0 Å². The highest BCUT2D eigenvalue weighted by Crippen LogP contribution is 2.45. The number of carbonyl (C=O) groups is 4. The summed E-state index contributed by atoms with van der Waals surface area (Å²) in [6.07, 6.45) is 43.2. The summed E-state index contributed by atoms with van der Waals surface area (Å²) in [5, 5.41) is 10.6. The van der Waals surface area contributed by atoms with Crippen LogP contribution in [0.15, 0.2) is 0 Å². The summed E-state index contributed by atoms with van der Waals surface area (Å²) in [5.41, 5.74) is 0. The third-order valence-electron chi connectivity index (χ3n) is 17.0. The van der Waals surface area contributed by atoms with Gasteiger partial charge in [0.05, 0.1) is 26.4 Å². The highest BCUT2D eigenvalue weighted by atomic mass is 31.2. The zero-order valence-corrected chi connectivity index (χ0v) is 60.6. The van der Waals surface area contributed by atoms with Gasteiger partial charge in [-0.2, -0.15) is 0 Å². The van der Waals surface area contributed by atoms with Crippen molar-refractivity contribution in [1.29, 1.82) is 0 Å². The molecule has 534 valence electrons. The van der Waals surface area contributed by atoms with Gasteiger partial charge in [-0.05, 0) is 49.4 Å². The van der Waals surface area contributed by atoms with Crippen molar-refractivity contribution in [2.45, 2.75) is 369 Å². The molecule has 0 radical (unpaired) electrons. The lowest BCUT2D eigenvalue weighted by atomic mass is 9.99. The Labute approximate surface area is 549 Å². The van der Waals surface area contributed by atoms with E-state index in [1.54, 1.807) is 0 Å². The number of esters is 4. The van der Waals surface area contributed by atoms with Crippen molar-refractivity contribution in [2.24, 2.45) is 23.7 Å². The monoisotopic (exact) mass is 1320 g/mol. The number of carbonyl (C=O) groups excluding carboxylic acids is 4. The zero-order chi connectivity index (χ0) is 66.8. The first-order valence-electron chi connectivity index (χ1n) is 36.8. The van der Waals surface area contributed by atoms with E-state index in [0.717, 1.165) is 120 Å². The van der Waals surface area contributed by atoms with E-state index in [9.17, 15) is 43.2 Å². The molecule has 0 amide bonds. The number of unbranched alkanes of at least 4 members (excludes halogenated alkanes) is 32. The van der Waals surface area contributed by atoms with Gasteiger partial charge in [0.15, 0.2) is 12.2 Å². The molecule has 0 bridgehead atoms. The maximum atomic E-state index is 13.0. The highest BCUT2D eigenvalue weighted by Gasteiger charge is 2.30. The second-order valence-electron chi connectivity index (χ2n) is 27.1. The summed E-state index contributed by atoms with van der Waals surface area (Å²) >= 11 is 0. The van der Waals surface area contributed by atoms with Gasteiger partial charge in [-0.25, -0.2) is 9.13 Å². The molecule has 0 fully saturated rings. The Morgan fingerprint density at radius 3 is 0.789 bits per heavy atom. The average Bonchev–Trinajstić information content (AvgIpc) is 3.69. The van der Waals surface area contributed by atoms with Crippen LogP contribution in [-0.2, 0) is 65.4 Å². The second kappa shape index (κ2) is 60.7. The lowest BCUT2D eigenvalue weighted by Gasteiger charge is -2.21. The molecular weight excluding hydrogens is 1190 g/mol. The number of rotatable bonds is 68. The van der Waals surface area contributed by atoms with Gasteiger partial charge in [0.25, 0.3) is 0 Å². The Kier molecular flexibility index (Phi) is 59.4. The summed E-state index contributed by atoms with van der Waals surface area (Å²) in [5.74, 6) is 0.877. The van der Waals surface area contributed by atoms with Crippen LogP contribution in [-0.4, -0.2) is 96.7 Å². The molecule has 19 heteroatoms. The van der Waals surface area contributed by atoms with Gasteiger partial charge >= 0.3 is 39.5 Å². The first-order chi connectivity index (χ1) is 43.2. The average molecular weight is 1330 g/mol. The Morgan fingerprint density at radius 1 is 0.311 bits per heavy atom. The second-order valence-corrected chi connectivity index (χ2v) is 30.0. The maximum absolute atomic E-state index is 13.0. The summed E-state index contributed by atoms with van der Waals surface area (Å²) in [6.45, 7) is 14.1. The van der Waals surface area contributed by atoms with Crippen molar-refractivity contribution in [3.63, 3.8) is 0 Å². The van der Waals surface area contributed by atoms with Crippen molar-refractivity contribution >= 4 is 39.5 Å². The predicted octanol–water partition coefficient (Wildman–Crippen LogP) is 20.1. The molecule has 0 saturated heterocycles. The number of hydrogen-bond acceptors (Lipinski definition) is 15. The number of hydrogen-bond donors (Lipinski definition) is 3. The lowest BCUT2D eigenvalue weighted by Crippen LogP contribution is -2.30. The fourth-order valence-electron chi connectivity index (χ4n) is 10.6. The number of aliphatic hydroxyl groups is 1. The quantitative estimate of drug-likeness (QED) is 0.0222. The van der Waals surface area contributed by atoms with Gasteiger partial charge in [-0.15, -0.1) is 0 Å². The molecule has 0 aliphatic rings. The van der Waals surface area contributed by atoms with Crippen LogP contribution in [0.1, 0.15) is 351 Å². The van der Waals surface area contributed by atoms with Gasteiger partial charge in [-0.3, -0.25) is 37.3 Å². The van der Waals surface area contributed by atoms with Crippen LogP contribution in [0.3, 0.4) is 0 Å². The van der Waals surface area contributed by atoms with Crippen LogP contribution in [0.5, 0.6) is 0 Å². The Hall–Kier alpha value is -1.94. The molecule has 0 saturated carbocycles. The molecule has 0 aliphatic carbocycles. The van der Waals surface area contributed by atoms with Crippen LogP contribution in [0.2, 0.25) is 0 Å². The van der Waals surface area contributed by atoms with E-state index in [2.05, 4.69) is 55.4 Å². The molecule has 0 aromatic carbocycles. The topological polar surface area (TPSA) is 237 Å². The molecule has 0 aliphatic heterocycles. The summed E-state index contributed by atoms with van der Waals surface area (Å²) in [4.78, 5) is 72.5. The number of phosphoric ester groups is 2. The predicted molar refractivity (Wildman–Crippen MR) is 363 cm³/mol. The van der Waals surface area contributed by atoms with Crippen molar-refractivity contribution in [3.8, 4) is 0 Å². The number of ether oxygens (including phenoxy) is 4. The number of aliphatic hydroxyl groups excluding tert-OH is 1. The molecule has 3 N–H and O–H groups in total. The van der Waals surface area contributed by atoms with Crippen LogP contribution < -0.4 is 0 Å². The molecule has 0 heterocycles. The third-order valence-corrected chi connectivity index (χ3v) is 18.9. The van der Waals surface area contributed by atoms with E-state index in [4.69, 9.17) is 37.0 Å². The molecule has 0 spiro atoms. The van der Waals surface area contributed by atoms with Gasteiger partial charge in [0.1, 0.15) is 19.3 Å². The highest BCUT2D eigenvalue weighted by molar-refractivity contribution is 7.47. The zero-order valence-electron chi connectivity index (χ0n) is 58.8. The Balaban J connectivity index is 5.23. The largest absolute Gasteiger partial charge is 0.472 e. The van der Waals surface area contributed by atoms with Crippen molar-refractivity contribution in [1.82, 2.24) is 0 Å². The summed E-state index contributed by atoms with van der Waals surface area (Å²) in [6, 6.07) is 0. The summed E-state index contributed by atoms with van der Waals surface area (Å²) in [7, 11) is -9.90. The van der Waals surface area contributed by atoms with E-state index in [1.165, 1.54) is 141 Å². The standard InChI is InChI=1S/C71H138O17P2/c1-9-63(7)49-41-33-25-20-21-27-38-46-54-71(76)88-67(58-82-69(74)52-44-36-30-29-34-42-50-64(8)10-2)60-86-90(79,80)84-56-65(72)55-83-89(77,78)85-59-66(57-81-68(73)51-43-35-28-22-24-32-40-48-62(5)6)87-70(75)53-45-37-26-19-17-15-13-11-12-14-16-18-23-31-39-47-61(3)4/h61-67,72H,9-60H2,1-8H3,(H,77,78)(H,79,80)/t63?,64?,65-,66-,67-/m1/s1. The van der Waals surface area contributed by atoms with Gasteiger partial charge in [-0.1, -0.05) is 299 Å². The van der Waals surface area contributed by atoms with Gasteiger partial charge in [0, 0.05) is 25.7 Å². The Morgan fingerprint density at radius 2 is 0.533 bits per heavy atom. The molecule has 4 unspecified atom stereocenters. The molecule has 17 nitrogen and oxygen atoms in total. The van der Waals surface area contributed by atoms with E-state index in [1.807, 2.05) is 0 Å². The molecular formula is C71H138O17P2. The van der Waals surface area contributed by atoms with Crippen molar-refractivity contribution in [2.75, 3.05) is 39.6 Å². The minimum atomic E-state index is -4.95. The minimum absolute atomic E-state index is 0.104. The molecule has 0 aromatic heterocycles. The van der Waals surface area contributed by atoms with Crippen LogP contribution in [0, 0.1) is 23.7 Å². The van der Waals surface area contributed by atoms with Crippen LogP contribution in [0.4, 0.5) is 0 Å².